The molecule has 1 aromatic carbocycles. The van der Waals surface area contributed by atoms with Crippen molar-refractivity contribution in [1.82, 2.24) is 24.7 Å². The molecule has 4 aromatic rings. The van der Waals surface area contributed by atoms with Gasteiger partial charge < -0.3 is 9.26 Å². The van der Waals surface area contributed by atoms with Crippen LogP contribution in [0.3, 0.4) is 0 Å². The number of aromatic nitrogens is 5. The number of nitrogens with one attached hydrogen (secondary N) is 1. The monoisotopic (exact) mass is 418 g/mol. The Morgan fingerprint density at radius 2 is 1.97 bits per heavy atom. The first-order valence-electron chi connectivity index (χ1n) is 10.2. The van der Waals surface area contributed by atoms with Crippen LogP contribution >= 0.6 is 0 Å². The largest absolute Gasteiger partial charge is 0.478 e. The number of fused-ring (bicyclic) bond motifs is 1. The number of carbonyl (C=O) groups excluding carboxylic acids is 1. The van der Waals surface area contributed by atoms with Crippen molar-refractivity contribution >= 4 is 17.5 Å². The summed E-state index contributed by atoms with van der Waals surface area (Å²) in [6.07, 6.45) is 3.68. The molecule has 1 fully saturated rings. The lowest BCUT2D eigenvalue weighted by Crippen LogP contribution is -2.25. The van der Waals surface area contributed by atoms with Gasteiger partial charge >= 0.3 is 0 Å². The summed E-state index contributed by atoms with van der Waals surface area (Å²) in [5.41, 5.74) is 1.77. The van der Waals surface area contributed by atoms with Gasteiger partial charge in [-0.05, 0) is 63.4 Å². The number of anilines is 1. The molecule has 0 aliphatic heterocycles. The topological polar surface area (TPSA) is 107 Å². The molecule has 1 aliphatic carbocycles. The van der Waals surface area contributed by atoms with Crippen LogP contribution in [0.25, 0.3) is 16.8 Å². The van der Waals surface area contributed by atoms with Crippen molar-refractivity contribution < 1.29 is 14.1 Å². The van der Waals surface area contributed by atoms with E-state index in [2.05, 4.69) is 25.5 Å². The number of ether oxygens (including phenoxy) is 1. The van der Waals surface area contributed by atoms with Crippen molar-refractivity contribution in [3.05, 3.63) is 54.3 Å². The number of benzene rings is 1. The summed E-state index contributed by atoms with van der Waals surface area (Å²) in [5.74, 6) is 2.06. The zero-order valence-corrected chi connectivity index (χ0v) is 17.5. The third-order valence-corrected chi connectivity index (χ3v) is 5.13. The Morgan fingerprint density at radius 3 is 2.65 bits per heavy atom. The number of carbonyl (C=O) groups is 1. The average Bonchev–Trinajstić information content (AvgIpc) is 3.37. The quantitative estimate of drug-likeness (QED) is 0.508. The third-order valence-electron chi connectivity index (χ3n) is 5.13. The van der Waals surface area contributed by atoms with Gasteiger partial charge in [0, 0.05) is 17.7 Å². The van der Waals surface area contributed by atoms with E-state index in [0.717, 1.165) is 24.0 Å². The highest BCUT2D eigenvalue weighted by Crippen LogP contribution is 2.31. The molecule has 3 aromatic heterocycles. The van der Waals surface area contributed by atoms with E-state index < -0.39 is 5.60 Å². The van der Waals surface area contributed by atoms with E-state index in [-0.39, 0.29) is 11.8 Å². The standard InChI is InChI=1S/C22H22N6O3/c1-13-23-20(31-27-13)22(2,3)30-16-10-8-14(9-11-16)17-5-4-12-28-18(17)24-21(26-28)25-19(29)15-6-7-15/h4-5,8-12,15H,6-7H2,1-3H3,(H,25,26,29). The van der Waals surface area contributed by atoms with Crippen LogP contribution in [-0.4, -0.2) is 30.6 Å². The molecule has 9 heteroatoms. The molecule has 0 atom stereocenters. The zero-order valence-electron chi connectivity index (χ0n) is 17.5. The second-order valence-corrected chi connectivity index (χ2v) is 8.17. The average molecular weight is 418 g/mol. The number of pyridine rings is 1. The highest BCUT2D eigenvalue weighted by atomic mass is 16.5. The Kier molecular flexibility index (Phi) is 4.46. The molecule has 0 radical (unpaired) electrons. The SMILES string of the molecule is Cc1noc(C(C)(C)Oc2ccc(-c3cccn4nc(NC(=O)C5CC5)nc34)cc2)n1. The molecule has 0 spiro atoms. The van der Waals surface area contributed by atoms with E-state index >= 15 is 0 Å². The Labute approximate surface area is 178 Å². The molecule has 3 heterocycles. The van der Waals surface area contributed by atoms with Crippen molar-refractivity contribution in [3.63, 3.8) is 0 Å². The van der Waals surface area contributed by atoms with Gasteiger partial charge in [0.05, 0.1) is 0 Å². The lowest BCUT2D eigenvalue weighted by atomic mass is 10.1. The fraction of sp³-hybridized carbons (Fsp3) is 0.318. The van der Waals surface area contributed by atoms with Gasteiger partial charge in [0.25, 0.3) is 5.89 Å². The molecule has 9 nitrogen and oxygen atoms in total. The molecule has 5 rings (SSSR count). The highest BCUT2D eigenvalue weighted by Gasteiger charge is 2.31. The molecule has 0 bridgehead atoms. The molecule has 0 saturated heterocycles. The first-order chi connectivity index (χ1) is 14.9. The third kappa shape index (κ3) is 3.86. The Bertz CT molecular complexity index is 1250. The van der Waals surface area contributed by atoms with Crippen LogP contribution in [0.15, 0.2) is 47.1 Å². The van der Waals surface area contributed by atoms with E-state index in [1.165, 1.54) is 0 Å². The van der Waals surface area contributed by atoms with Crippen LogP contribution in [-0.2, 0) is 10.4 Å². The summed E-state index contributed by atoms with van der Waals surface area (Å²) in [5, 5.41) is 11.0. The van der Waals surface area contributed by atoms with Gasteiger partial charge in [0.2, 0.25) is 11.9 Å². The first kappa shape index (κ1) is 19.2. The number of aryl methyl sites for hydroxylation is 1. The van der Waals surface area contributed by atoms with E-state index in [9.17, 15) is 4.79 Å². The van der Waals surface area contributed by atoms with Gasteiger partial charge in [-0.2, -0.15) is 9.97 Å². The van der Waals surface area contributed by atoms with Crippen LogP contribution in [0.4, 0.5) is 5.95 Å². The van der Waals surface area contributed by atoms with Crippen LogP contribution < -0.4 is 10.1 Å². The van der Waals surface area contributed by atoms with E-state index in [1.807, 2.05) is 56.4 Å². The smallest absolute Gasteiger partial charge is 0.270 e. The van der Waals surface area contributed by atoms with Gasteiger partial charge in [-0.25, -0.2) is 4.52 Å². The predicted octanol–water partition coefficient (Wildman–Crippen LogP) is 3.75. The number of hydrogen-bond acceptors (Lipinski definition) is 7. The van der Waals surface area contributed by atoms with Crippen molar-refractivity contribution in [1.29, 1.82) is 0 Å². The molecular formula is C22H22N6O3. The van der Waals surface area contributed by atoms with Crippen molar-refractivity contribution in [3.8, 4) is 16.9 Å². The summed E-state index contributed by atoms with van der Waals surface area (Å²) in [6, 6.07) is 11.5. The van der Waals surface area contributed by atoms with Gasteiger partial charge in [-0.15, -0.1) is 5.10 Å². The second-order valence-electron chi connectivity index (χ2n) is 8.17. The van der Waals surface area contributed by atoms with Gasteiger partial charge in [0.15, 0.2) is 17.1 Å². The minimum atomic E-state index is -0.759. The van der Waals surface area contributed by atoms with E-state index in [0.29, 0.717) is 29.1 Å². The summed E-state index contributed by atoms with van der Waals surface area (Å²) in [4.78, 5) is 20.8. The minimum Gasteiger partial charge on any atom is -0.478 e. The maximum atomic E-state index is 12.0. The van der Waals surface area contributed by atoms with E-state index in [4.69, 9.17) is 9.26 Å². The Balaban J connectivity index is 1.39. The molecule has 0 unspecified atom stereocenters. The molecule has 1 aliphatic rings. The van der Waals surface area contributed by atoms with Crippen LogP contribution in [0.5, 0.6) is 5.75 Å². The predicted molar refractivity (Wildman–Crippen MR) is 112 cm³/mol. The van der Waals surface area contributed by atoms with Crippen molar-refractivity contribution in [2.24, 2.45) is 5.92 Å². The van der Waals surface area contributed by atoms with Gasteiger partial charge in [-0.1, -0.05) is 17.3 Å². The normalized spacial score (nSPS) is 14.0. The summed E-state index contributed by atoms with van der Waals surface area (Å²) < 4.78 is 13.0. The maximum absolute atomic E-state index is 12.0. The molecule has 158 valence electrons. The maximum Gasteiger partial charge on any atom is 0.270 e. The van der Waals surface area contributed by atoms with Gasteiger partial charge in [-0.3, -0.25) is 10.1 Å². The molecule has 1 saturated carbocycles. The fourth-order valence-corrected chi connectivity index (χ4v) is 3.32. The number of amides is 1. The highest BCUT2D eigenvalue weighted by molar-refractivity contribution is 5.93. The molecule has 1 amide bonds. The summed E-state index contributed by atoms with van der Waals surface area (Å²) >= 11 is 0. The Hall–Kier alpha value is -3.75. The first-order valence-corrected chi connectivity index (χ1v) is 10.2. The molecule has 1 N–H and O–H groups in total. The van der Waals surface area contributed by atoms with Crippen LogP contribution in [0.1, 0.15) is 38.4 Å². The minimum absolute atomic E-state index is 0.0157. The number of rotatable bonds is 6. The number of hydrogen-bond donors (Lipinski definition) is 1. The van der Waals surface area contributed by atoms with Crippen molar-refractivity contribution in [2.45, 2.75) is 39.2 Å². The lowest BCUT2D eigenvalue weighted by Gasteiger charge is -2.22. The summed E-state index contributed by atoms with van der Waals surface area (Å²) in [6.45, 7) is 5.52. The molecule has 31 heavy (non-hydrogen) atoms. The number of nitrogens with zero attached hydrogens (tertiary/aromatic N) is 5. The fourth-order valence-electron chi connectivity index (χ4n) is 3.32. The Morgan fingerprint density at radius 1 is 1.19 bits per heavy atom. The summed E-state index contributed by atoms with van der Waals surface area (Å²) in [7, 11) is 0. The van der Waals surface area contributed by atoms with Crippen molar-refractivity contribution in [2.75, 3.05) is 5.32 Å². The van der Waals surface area contributed by atoms with Gasteiger partial charge in [0.1, 0.15) is 5.75 Å². The second kappa shape index (κ2) is 7.19. The molecular weight excluding hydrogens is 396 g/mol. The lowest BCUT2D eigenvalue weighted by molar-refractivity contribution is -0.117. The van der Waals surface area contributed by atoms with Crippen LogP contribution in [0.2, 0.25) is 0 Å². The zero-order chi connectivity index (χ0) is 21.6. The van der Waals surface area contributed by atoms with E-state index in [1.54, 1.807) is 11.4 Å². The van der Waals surface area contributed by atoms with Crippen LogP contribution in [0, 0.1) is 12.8 Å².